The summed E-state index contributed by atoms with van der Waals surface area (Å²) in [4.78, 5) is 40.2. The molecule has 0 radical (unpaired) electrons. The Bertz CT molecular complexity index is 1230. The van der Waals surface area contributed by atoms with E-state index in [4.69, 9.17) is 4.74 Å². The van der Waals surface area contributed by atoms with Crippen molar-refractivity contribution in [2.75, 3.05) is 11.9 Å². The number of carbonyl (C=O) groups excluding carboxylic acids is 2. The highest BCUT2D eigenvalue weighted by atomic mass is 32.1. The number of carbonyl (C=O) groups is 2. The Morgan fingerprint density at radius 1 is 1.27 bits per heavy atom. The Morgan fingerprint density at radius 2 is 2.17 bits per heavy atom. The van der Waals surface area contributed by atoms with Crippen molar-refractivity contribution < 1.29 is 14.3 Å². The van der Waals surface area contributed by atoms with E-state index in [1.807, 2.05) is 11.4 Å². The van der Waals surface area contributed by atoms with Crippen LogP contribution < -0.4 is 5.32 Å². The number of thiazole rings is 1. The summed E-state index contributed by atoms with van der Waals surface area (Å²) in [5.41, 5.74) is 2.79. The van der Waals surface area contributed by atoms with Gasteiger partial charge in [0.2, 0.25) is 5.91 Å². The zero-order valence-electron chi connectivity index (χ0n) is 16.0. The molecule has 4 rings (SSSR count). The second-order valence-corrected chi connectivity index (χ2v) is 7.07. The number of esters is 1. The third kappa shape index (κ3) is 4.11. The van der Waals surface area contributed by atoms with Gasteiger partial charge in [-0.3, -0.25) is 4.79 Å². The summed E-state index contributed by atoms with van der Waals surface area (Å²) in [6.07, 6.45) is 7.75. The number of ether oxygens (including phenoxy) is 1. The fourth-order valence-electron chi connectivity index (χ4n) is 2.94. The minimum absolute atomic E-state index is 0.268. The maximum absolute atomic E-state index is 12.3. The molecule has 9 heteroatoms. The van der Waals surface area contributed by atoms with Gasteiger partial charge in [0, 0.05) is 35.1 Å². The summed E-state index contributed by atoms with van der Waals surface area (Å²) in [6.45, 7) is 2.02. The number of nitrogens with zero attached hydrogens (tertiary/aromatic N) is 3. The molecule has 0 aliphatic carbocycles. The first-order valence-corrected chi connectivity index (χ1v) is 10.0. The molecule has 0 unspecified atom stereocenters. The van der Waals surface area contributed by atoms with E-state index in [1.54, 1.807) is 43.6 Å². The van der Waals surface area contributed by atoms with Crippen LogP contribution in [0.4, 0.5) is 5.69 Å². The van der Waals surface area contributed by atoms with Gasteiger partial charge in [0.1, 0.15) is 17.0 Å². The molecule has 150 valence electrons. The highest BCUT2D eigenvalue weighted by Gasteiger charge is 2.19. The van der Waals surface area contributed by atoms with Crippen molar-refractivity contribution in [1.29, 1.82) is 0 Å². The fourth-order valence-corrected chi connectivity index (χ4v) is 3.47. The smallest absolute Gasteiger partial charge is 0.340 e. The van der Waals surface area contributed by atoms with Gasteiger partial charge in [-0.15, -0.1) is 11.3 Å². The molecule has 8 nitrogen and oxygen atoms in total. The SMILES string of the molecule is CCOC(=O)c1c[nH]c2ncnc(-c3cccc(NC(=O)C=Cc4nccs4)c3)c12. The molecule has 30 heavy (non-hydrogen) atoms. The van der Waals surface area contributed by atoms with Crippen molar-refractivity contribution in [3.05, 3.63) is 65.0 Å². The summed E-state index contributed by atoms with van der Waals surface area (Å²) in [6, 6.07) is 7.23. The van der Waals surface area contributed by atoms with Crippen molar-refractivity contribution in [3.63, 3.8) is 0 Å². The standard InChI is InChI=1S/C21H17N5O3S/c1-2-29-21(28)15-11-23-20-18(15)19(24-12-25-20)13-4-3-5-14(10-13)26-16(27)6-7-17-22-8-9-30-17/h3-12H,2H2,1H3,(H,26,27)(H,23,24,25). The molecular formula is C21H17N5O3S. The van der Waals surface area contributed by atoms with E-state index in [0.717, 1.165) is 10.6 Å². The minimum Gasteiger partial charge on any atom is -0.462 e. The molecule has 0 aliphatic rings. The Balaban J connectivity index is 1.64. The topological polar surface area (TPSA) is 110 Å². The van der Waals surface area contributed by atoms with Crippen LogP contribution in [0.15, 0.2) is 54.4 Å². The Hall–Kier alpha value is -3.85. The van der Waals surface area contributed by atoms with E-state index < -0.39 is 5.97 Å². The van der Waals surface area contributed by atoms with E-state index in [9.17, 15) is 9.59 Å². The molecule has 0 aliphatic heterocycles. The van der Waals surface area contributed by atoms with Gasteiger partial charge >= 0.3 is 5.97 Å². The van der Waals surface area contributed by atoms with Gasteiger partial charge in [0.15, 0.2) is 0 Å². The molecule has 0 fully saturated rings. The van der Waals surface area contributed by atoms with Gasteiger partial charge < -0.3 is 15.0 Å². The van der Waals surface area contributed by atoms with Crippen molar-refractivity contribution in [2.24, 2.45) is 0 Å². The van der Waals surface area contributed by atoms with E-state index in [0.29, 0.717) is 28.0 Å². The summed E-state index contributed by atoms with van der Waals surface area (Å²) >= 11 is 1.45. The van der Waals surface area contributed by atoms with Crippen molar-refractivity contribution in [2.45, 2.75) is 6.92 Å². The second-order valence-electron chi connectivity index (χ2n) is 6.14. The summed E-state index contributed by atoms with van der Waals surface area (Å²) in [5.74, 6) is -0.722. The molecular weight excluding hydrogens is 402 g/mol. The van der Waals surface area contributed by atoms with E-state index in [2.05, 4.69) is 25.3 Å². The molecule has 0 saturated carbocycles. The first kappa shape index (κ1) is 19.5. The van der Waals surface area contributed by atoms with E-state index in [-0.39, 0.29) is 12.5 Å². The maximum Gasteiger partial charge on any atom is 0.340 e. The van der Waals surface area contributed by atoms with Crippen LogP contribution in [-0.2, 0) is 9.53 Å². The lowest BCUT2D eigenvalue weighted by Gasteiger charge is -2.08. The summed E-state index contributed by atoms with van der Waals surface area (Å²) < 4.78 is 5.14. The molecule has 0 spiro atoms. The molecule has 1 amide bonds. The summed E-state index contributed by atoms with van der Waals surface area (Å²) in [7, 11) is 0. The van der Waals surface area contributed by atoms with Crippen molar-refractivity contribution >= 4 is 46.0 Å². The van der Waals surface area contributed by atoms with E-state index >= 15 is 0 Å². The van der Waals surface area contributed by atoms with Crippen LogP contribution in [0.25, 0.3) is 28.4 Å². The average molecular weight is 419 g/mol. The Labute approximate surface area is 175 Å². The fraction of sp³-hybridized carbons (Fsp3) is 0.0952. The van der Waals surface area contributed by atoms with E-state index in [1.165, 1.54) is 23.7 Å². The van der Waals surface area contributed by atoms with Crippen LogP contribution in [0.2, 0.25) is 0 Å². The third-order valence-electron chi connectivity index (χ3n) is 4.20. The predicted molar refractivity (Wildman–Crippen MR) is 115 cm³/mol. The monoisotopic (exact) mass is 419 g/mol. The number of benzene rings is 1. The number of fused-ring (bicyclic) bond motifs is 1. The number of hydrogen-bond donors (Lipinski definition) is 2. The zero-order chi connectivity index (χ0) is 20.9. The van der Waals surface area contributed by atoms with Gasteiger partial charge in [-0.05, 0) is 25.1 Å². The van der Waals surface area contributed by atoms with Crippen LogP contribution in [0.3, 0.4) is 0 Å². The first-order chi connectivity index (χ1) is 14.7. The number of rotatable bonds is 6. The first-order valence-electron chi connectivity index (χ1n) is 9.14. The predicted octanol–water partition coefficient (Wildman–Crippen LogP) is 3.91. The van der Waals surface area contributed by atoms with Crippen LogP contribution in [0.5, 0.6) is 0 Å². The van der Waals surface area contributed by atoms with Crippen LogP contribution in [0.1, 0.15) is 22.3 Å². The zero-order valence-corrected chi connectivity index (χ0v) is 16.8. The number of anilines is 1. The minimum atomic E-state index is -0.448. The number of amides is 1. The maximum atomic E-state index is 12.3. The van der Waals surface area contributed by atoms with Gasteiger partial charge in [-0.25, -0.2) is 19.7 Å². The molecule has 3 heterocycles. The number of aromatic amines is 1. The highest BCUT2D eigenvalue weighted by Crippen LogP contribution is 2.30. The second kappa shape index (κ2) is 8.66. The number of aromatic nitrogens is 4. The summed E-state index contributed by atoms with van der Waals surface area (Å²) in [5, 5.41) is 5.99. The average Bonchev–Trinajstić information content (AvgIpc) is 3.42. The molecule has 4 aromatic rings. The van der Waals surface area contributed by atoms with Gasteiger partial charge in [-0.2, -0.15) is 0 Å². The number of H-pyrrole nitrogens is 1. The quantitative estimate of drug-likeness (QED) is 0.362. The van der Waals surface area contributed by atoms with Crippen LogP contribution in [-0.4, -0.2) is 38.4 Å². The Kier molecular flexibility index (Phi) is 5.62. The van der Waals surface area contributed by atoms with Crippen LogP contribution >= 0.6 is 11.3 Å². The lowest BCUT2D eigenvalue weighted by Crippen LogP contribution is -2.07. The van der Waals surface area contributed by atoms with Crippen molar-refractivity contribution in [1.82, 2.24) is 19.9 Å². The number of nitrogens with one attached hydrogen (secondary N) is 2. The molecule has 0 bridgehead atoms. The lowest BCUT2D eigenvalue weighted by molar-refractivity contribution is -0.111. The molecule has 3 aromatic heterocycles. The van der Waals surface area contributed by atoms with Crippen LogP contribution in [0, 0.1) is 0 Å². The lowest BCUT2D eigenvalue weighted by atomic mass is 10.1. The Morgan fingerprint density at radius 3 is 2.97 bits per heavy atom. The largest absolute Gasteiger partial charge is 0.462 e. The van der Waals surface area contributed by atoms with Gasteiger partial charge in [-0.1, -0.05) is 12.1 Å². The normalized spacial score (nSPS) is 11.1. The molecule has 1 aromatic carbocycles. The number of hydrogen-bond acceptors (Lipinski definition) is 7. The van der Waals surface area contributed by atoms with Gasteiger partial charge in [0.05, 0.1) is 23.3 Å². The molecule has 0 saturated heterocycles. The van der Waals surface area contributed by atoms with Gasteiger partial charge in [0.25, 0.3) is 0 Å². The third-order valence-corrected chi connectivity index (χ3v) is 4.94. The highest BCUT2D eigenvalue weighted by molar-refractivity contribution is 7.10. The molecule has 0 atom stereocenters. The van der Waals surface area contributed by atoms with Crippen molar-refractivity contribution in [3.8, 4) is 11.3 Å². The molecule has 2 N–H and O–H groups in total.